The lowest BCUT2D eigenvalue weighted by atomic mass is 10.2. The van der Waals surface area contributed by atoms with Gasteiger partial charge >= 0.3 is 5.69 Å². The van der Waals surface area contributed by atoms with Gasteiger partial charge in [-0.15, -0.1) is 0 Å². The molecule has 0 aliphatic heterocycles. The van der Waals surface area contributed by atoms with Gasteiger partial charge < -0.3 is 10.6 Å². The highest BCUT2D eigenvalue weighted by molar-refractivity contribution is 5.91. The van der Waals surface area contributed by atoms with Crippen LogP contribution in [-0.2, 0) is 14.1 Å². The summed E-state index contributed by atoms with van der Waals surface area (Å²) in [6.07, 6.45) is 1.50. The Balaban J connectivity index is 2.88. The number of imidazole rings is 1. The predicted molar refractivity (Wildman–Crippen MR) is 66.5 cm³/mol. The number of hydrogen-bond acceptors (Lipinski definition) is 4. The first kappa shape index (κ1) is 11.3. The molecule has 1 aromatic carbocycles. The molecule has 0 aliphatic carbocycles. The van der Waals surface area contributed by atoms with E-state index < -0.39 is 0 Å². The lowest BCUT2D eigenvalue weighted by Gasteiger charge is -2.05. The van der Waals surface area contributed by atoms with E-state index in [2.05, 4.69) is 5.10 Å². The maximum absolute atomic E-state index is 11.8. The lowest BCUT2D eigenvalue weighted by Crippen LogP contribution is -2.19. The van der Waals surface area contributed by atoms with Crippen LogP contribution in [0.2, 0.25) is 0 Å². The van der Waals surface area contributed by atoms with Crippen molar-refractivity contribution in [3.05, 3.63) is 28.2 Å². The lowest BCUT2D eigenvalue weighted by molar-refractivity contribution is 0.414. The normalized spacial score (nSPS) is 11.5. The average Bonchev–Trinajstić information content (AvgIpc) is 2.54. The van der Waals surface area contributed by atoms with Crippen molar-refractivity contribution >= 4 is 17.2 Å². The molecule has 90 valence electrons. The Bertz CT molecular complexity index is 652. The van der Waals surface area contributed by atoms with Crippen molar-refractivity contribution in [1.29, 1.82) is 0 Å². The summed E-state index contributed by atoms with van der Waals surface area (Å²) in [5.74, 6) is 5.77. The van der Waals surface area contributed by atoms with Crippen LogP contribution in [0.1, 0.15) is 5.56 Å². The van der Waals surface area contributed by atoms with Gasteiger partial charge in [0, 0.05) is 25.7 Å². The van der Waals surface area contributed by atoms with Crippen molar-refractivity contribution < 1.29 is 4.74 Å². The molecule has 1 heterocycles. The SMILES string of the molecule is COc1cc2c(cc1C=NN)n(C)c(=O)n2C. The summed E-state index contributed by atoms with van der Waals surface area (Å²) in [4.78, 5) is 11.8. The number of nitrogens with zero attached hydrogens (tertiary/aromatic N) is 3. The summed E-state index contributed by atoms with van der Waals surface area (Å²) in [6, 6.07) is 3.62. The van der Waals surface area contributed by atoms with Crippen molar-refractivity contribution in [1.82, 2.24) is 9.13 Å². The fraction of sp³-hybridized carbons (Fsp3) is 0.273. The van der Waals surface area contributed by atoms with E-state index in [9.17, 15) is 4.79 Å². The van der Waals surface area contributed by atoms with E-state index in [0.29, 0.717) is 5.75 Å². The summed E-state index contributed by atoms with van der Waals surface area (Å²) in [5, 5.41) is 3.48. The van der Waals surface area contributed by atoms with Crippen LogP contribution in [0.25, 0.3) is 11.0 Å². The van der Waals surface area contributed by atoms with E-state index in [1.807, 2.05) is 6.07 Å². The molecule has 0 fully saturated rings. The molecule has 0 saturated heterocycles. The fourth-order valence-electron chi connectivity index (χ4n) is 1.90. The standard InChI is InChI=1S/C11H14N4O2/c1-14-8-4-7(6-13-12)10(17-3)5-9(8)15(2)11(14)16/h4-6H,12H2,1-3H3. The quantitative estimate of drug-likeness (QED) is 0.457. The van der Waals surface area contributed by atoms with Gasteiger partial charge in [-0.1, -0.05) is 0 Å². The largest absolute Gasteiger partial charge is 0.496 e. The van der Waals surface area contributed by atoms with E-state index in [4.69, 9.17) is 10.6 Å². The van der Waals surface area contributed by atoms with Crippen LogP contribution in [-0.4, -0.2) is 22.5 Å². The molecule has 2 aromatic rings. The van der Waals surface area contributed by atoms with Crippen molar-refractivity contribution in [3.63, 3.8) is 0 Å². The van der Waals surface area contributed by atoms with Crippen LogP contribution in [0.3, 0.4) is 0 Å². The molecular weight excluding hydrogens is 220 g/mol. The van der Waals surface area contributed by atoms with Crippen molar-refractivity contribution in [3.8, 4) is 5.75 Å². The first-order valence-corrected chi connectivity index (χ1v) is 5.07. The number of fused-ring (bicyclic) bond motifs is 1. The molecule has 17 heavy (non-hydrogen) atoms. The first-order valence-electron chi connectivity index (χ1n) is 5.07. The van der Waals surface area contributed by atoms with Crippen LogP contribution >= 0.6 is 0 Å². The van der Waals surface area contributed by atoms with Crippen LogP contribution < -0.4 is 16.3 Å². The van der Waals surface area contributed by atoms with Crippen LogP contribution in [0.5, 0.6) is 5.75 Å². The minimum absolute atomic E-state index is 0.0797. The number of hydrazone groups is 1. The highest BCUT2D eigenvalue weighted by Crippen LogP contribution is 2.23. The van der Waals surface area contributed by atoms with Crippen molar-refractivity contribution in [2.75, 3.05) is 7.11 Å². The first-order chi connectivity index (χ1) is 8.10. The number of aryl methyl sites for hydroxylation is 2. The van der Waals surface area contributed by atoms with Gasteiger partial charge in [-0.3, -0.25) is 9.13 Å². The maximum atomic E-state index is 11.8. The predicted octanol–water partition coefficient (Wildman–Crippen LogP) is 0.178. The Hall–Kier alpha value is -2.24. The molecule has 0 aliphatic rings. The number of hydrogen-bond donors (Lipinski definition) is 1. The third kappa shape index (κ3) is 1.57. The zero-order chi connectivity index (χ0) is 12.6. The molecule has 0 spiro atoms. The zero-order valence-electron chi connectivity index (χ0n) is 9.97. The van der Waals surface area contributed by atoms with Crippen molar-refractivity contribution in [2.45, 2.75) is 0 Å². The Morgan fingerprint density at radius 1 is 1.29 bits per heavy atom. The van der Waals surface area contributed by atoms with Crippen LogP contribution in [0.4, 0.5) is 0 Å². The topological polar surface area (TPSA) is 74.5 Å². The van der Waals surface area contributed by atoms with Crippen LogP contribution in [0, 0.1) is 0 Å². The molecule has 0 amide bonds. The smallest absolute Gasteiger partial charge is 0.328 e. The van der Waals surface area contributed by atoms with E-state index in [0.717, 1.165) is 16.6 Å². The zero-order valence-corrected chi connectivity index (χ0v) is 9.97. The molecule has 6 heteroatoms. The van der Waals surface area contributed by atoms with Crippen LogP contribution in [0.15, 0.2) is 22.0 Å². The fourth-order valence-corrected chi connectivity index (χ4v) is 1.90. The highest BCUT2D eigenvalue weighted by Gasteiger charge is 2.11. The molecule has 6 nitrogen and oxygen atoms in total. The minimum Gasteiger partial charge on any atom is -0.496 e. The van der Waals surface area contributed by atoms with Gasteiger partial charge in [-0.2, -0.15) is 5.10 Å². The van der Waals surface area contributed by atoms with E-state index in [1.54, 1.807) is 36.4 Å². The van der Waals surface area contributed by atoms with Gasteiger partial charge in [0.1, 0.15) is 5.75 Å². The number of aromatic nitrogens is 2. The summed E-state index contributed by atoms with van der Waals surface area (Å²) < 4.78 is 8.38. The third-order valence-electron chi connectivity index (χ3n) is 2.84. The minimum atomic E-state index is -0.0797. The molecule has 0 radical (unpaired) electrons. The molecule has 2 N–H and O–H groups in total. The number of methoxy groups -OCH3 is 1. The number of rotatable bonds is 2. The van der Waals surface area contributed by atoms with E-state index >= 15 is 0 Å². The molecule has 0 unspecified atom stereocenters. The Labute approximate surface area is 97.9 Å². The summed E-state index contributed by atoms with van der Waals surface area (Å²) in [5.41, 5.74) is 2.28. The van der Waals surface area contributed by atoms with Gasteiger partial charge in [0.2, 0.25) is 0 Å². The Morgan fingerprint density at radius 3 is 2.41 bits per heavy atom. The van der Waals surface area contributed by atoms with Crippen molar-refractivity contribution in [2.24, 2.45) is 25.0 Å². The summed E-state index contributed by atoms with van der Waals surface area (Å²) in [6.45, 7) is 0. The van der Waals surface area contributed by atoms with E-state index in [-0.39, 0.29) is 5.69 Å². The second kappa shape index (κ2) is 3.97. The molecule has 1 aromatic heterocycles. The second-order valence-corrected chi connectivity index (χ2v) is 3.76. The maximum Gasteiger partial charge on any atom is 0.328 e. The van der Waals surface area contributed by atoms with Gasteiger partial charge in [0.15, 0.2) is 0 Å². The number of nitrogens with two attached hydrogens (primary N) is 1. The van der Waals surface area contributed by atoms with Gasteiger partial charge in [0.25, 0.3) is 0 Å². The molecule has 2 rings (SSSR count). The molecule has 0 atom stereocenters. The Kier molecular flexibility index (Phi) is 2.63. The van der Waals surface area contributed by atoms with E-state index in [1.165, 1.54) is 6.21 Å². The second-order valence-electron chi connectivity index (χ2n) is 3.76. The Morgan fingerprint density at radius 2 is 1.88 bits per heavy atom. The van der Waals surface area contributed by atoms with Gasteiger partial charge in [-0.25, -0.2) is 4.79 Å². The van der Waals surface area contributed by atoms with Gasteiger partial charge in [-0.05, 0) is 6.07 Å². The monoisotopic (exact) mass is 234 g/mol. The number of ether oxygens (including phenoxy) is 1. The molecule has 0 bridgehead atoms. The third-order valence-corrected chi connectivity index (χ3v) is 2.84. The molecular formula is C11H14N4O2. The number of benzene rings is 1. The average molecular weight is 234 g/mol. The van der Waals surface area contributed by atoms with Gasteiger partial charge in [0.05, 0.1) is 24.4 Å². The summed E-state index contributed by atoms with van der Waals surface area (Å²) in [7, 11) is 5.01. The molecule has 0 saturated carbocycles. The highest BCUT2D eigenvalue weighted by atomic mass is 16.5. The summed E-state index contributed by atoms with van der Waals surface area (Å²) >= 11 is 0.